The number of fused-ring (bicyclic) bond motifs is 1. The summed E-state index contributed by atoms with van der Waals surface area (Å²) in [5, 5.41) is 5.07. The lowest BCUT2D eigenvalue weighted by molar-refractivity contribution is 0.0513. The van der Waals surface area contributed by atoms with Crippen LogP contribution in [0.4, 0.5) is 4.79 Å². The number of halogens is 1. The van der Waals surface area contributed by atoms with E-state index < -0.39 is 11.7 Å². The molecule has 1 heterocycles. The van der Waals surface area contributed by atoms with Gasteiger partial charge in [-0.2, -0.15) is 9.78 Å². The van der Waals surface area contributed by atoms with E-state index in [1.54, 1.807) is 13.3 Å². The van der Waals surface area contributed by atoms with Gasteiger partial charge >= 0.3 is 6.09 Å². The fourth-order valence-corrected chi connectivity index (χ4v) is 5.27. The van der Waals surface area contributed by atoms with E-state index in [1.165, 1.54) is 4.68 Å². The summed E-state index contributed by atoms with van der Waals surface area (Å²) in [6, 6.07) is 13.4. The Kier molecular flexibility index (Phi) is 6.75. The molecule has 8 heteroatoms. The molecule has 37 heavy (non-hydrogen) atoms. The van der Waals surface area contributed by atoms with Crippen LogP contribution >= 0.6 is 11.6 Å². The second-order valence-electron chi connectivity index (χ2n) is 10.8. The van der Waals surface area contributed by atoms with E-state index in [0.29, 0.717) is 22.8 Å². The second kappa shape index (κ2) is 9.86. The minimum Gasteiger partial charge on any atom is -0.496 e. The summed E-state index contributed by atoms with van der Waals surface area (Å²) < 4.78 is 12.2. The number of hydrogen-bond donors (Lipinski definition) is 0. The van der Waals surface area contributed by atoms with Crippen LogP contribution in [0, 0.1) is 0 Å². The maximum atomic E-state index is 13.7. The van der Waals surface area contributed by atoms with E-state index in [0.717, 1.165) is 48.1 Å². The standard InChI is InChI=1S/C29H32ClN3O4/c1-29(2,3)37-28(35)32-17-20-16-22(14-15-24(20)31-32)33(21-12-13-21)27(34)19-10-8-18(9-11-19)26-23(30)6-5-7-25(26)36-4/h5-11,17,21-22H,12-16H2,1-4H3. The molecular weight excluding hydrogens is 490 g/mol. The normalized spacial score (nSPS) is 17.2. The molecular formula is C29H32ClN3O4. The quantitative estimate of drug-likeness (QED) is 0.402. The van der Waals surface area contributed by atoms with Crippen molar-refractivity contribution in [2.75, 3.05) is 7.11 Å². The molecule has 0 N–H and O–H groups in total. The van der Waals surface area contributed by atoms with Crippen molar-refractivity contribution in [2.45, 2.75) is 70.6 Å². The summed E-state index contributed by atoms with van der Waals surface area (Å²) in [5.74, 6) is 0.726. The van der Waals surface area contributed by atoms with Crippen LogP contribution in [-0.4, -0.2) is 51.5 Å². The van der Waals surface area contributed by atoms with Gasteiger partial charge in [0.2, 0.25) is 0 Å². The molecule has 1 aromatic heterocycles. The van der Waals surface area contributed by atoms with Crippen molar-refractivity contribution in [1.29, 1.82) is 0 Å². The van der Waals surface area contributed by atoms with Crippen LogP contribution in [0.3, 0.4) is 0 Å². The molecule has 2 aliphatic rings. The van der Waals surface area contributed by atoms with Gasteiger partial charge in [-0.1, -0.05) is 29.8 Å². The van der Waals surface area contributed by atoms with Gasteiger partial charge in [0, 0.05) is 29.4 Å². The maximum absolute atomic E-state index is 13.7. The highest BCUT2D eigenvalue weighted by Crippen LogP contribution is 2.38. The maximum Gasteiger partial charge on any atom is 0.435 e. The summed E-state index contributed by atoms with van der Waals surface area (Å²) >= 11 is 6.45. The first kappa shape index (κ1) is 25.3. The highest BCUT2D eigenvalue weighted by atomic mass is 35.5. The first-order chi connectivity index (χ1) is 17.6. The van der Waals surface area contributed by atoms with Crippen LogP contribution in [0.25, 0.3) is 11.1 Å². The zero-order valence-electron chi connectivity index (χ0n) is 21.7. The fourth-order valence-electron chi connectivity index (χ4n) is 4.99. The smallest absolute Gasteiger partial charge is 0.435 e. The number of rotatable bonds is 5. The number of carbonyl (C=O) groups is 2. The molecule has 1 unspecified atom stereocenters. The second-order valence-corrected chi connectivity index (χ2v) is 11.2. The van der Waals surface area contributed by atoms with Gasteiger partial charge in [-0.25, -0.2) is 4.79 Å². The Morgan fingerprint density at radius 3 is 2.43 bits per heavy atom. The molecule has 1 saturated carbocycles. The zero-order valence-corrected chi connectivity index (χ0v) is 22.4. The molecule has 7 nitrogen and oxygen atoms in total. The number of hydrogen-bond acceptors (Lipinski definition) is 5. The van der Waals surface area contributed by atoms with Gasteiger partial charge in [-0.3, -0.25) is 4.79 Å². The van der Waals surface area contributed by atoms with Crippen LogP contribution in [0.15, 0.2) is 48.7 Å². The monoisotopic (exact) mass is 521 g/mol. The molecule has 1 fully saturated rings. The van der Waals surface area contributed by atoms with E-state index >= 15 is 0 Å². The number of carbonyl (C=O) groups excluding carboxylic acids is 2. The Balaban J connectivity index is 1.35. The Morgan fingerprint density at radius 2 is 1.78 bits per heavy atom. The molecule has 0 spiro atoms. The summed E-state index contributed by atoms with van der Waals surface area (Å²) in [6.07, 6.45) is 5.52. The number of aromatic nitrogens is 2. The summed E-state index contributed by atoms with van der Waals surface area (Å²) in [5.41, 5.74) is 3.68. The first-order valence-corrected chi connectivity index (χ1v) is 13.1. The lowest BCUT2D eigenvalue weighted by atomic mass is 9.91. The average Bonchev–Trinajstić information content (AvgIpc) is 3.59. The van der Waals surface area contributed by atoms with Gasteiger partial charge in [0.15, 0.2) is 0 Å². The summed E-state index contributed by atoms with van der Waals surface area (Å²) in [6.45, 7) is 5.50. The van der Waals surface area contributed by atoms with Crippen LogP contribution in [0.1, 0.15) is 61.6 Å². The van der Waals surface area contributed by atoms with Crippen molar-refractivity contribution in [3.8, 4) is 16.9 Å². The van der Waals surface area contributed by atoms with Crippen LogP contribution < -0.4 is 4.74 Å². The number of nitrogens with zero attached hydrogens (tertiary/aromatic N) is 3. The van der Waals surface area contributed by atoms with Gasteiger partial charge in [-0.05, 0) is 88.3 Å². The van der Waals surface area contributed by atoms with E-state index in [1.807, 2.05) is 63.2 Å². The Hall–Kier alpha value is -3.32. The predicted octanol–water partition coefficient (Wildman–Crippen LogP) is 6.16. The van der Waals surface area contributed by atoms with Crippen molar-refractivity contribution in [3.63, 3.8) is 0 Å². The van der Waals surface area contributed by atoms with Gasteiger partial charge in [0.25, 0.3) is 5.91 Å². The predicted molar refractivity (Wildman–Crippen MR) is 142 cm³/mol. The molecule has 1 amide bonds. The van der Waals surface area contributed by atoms with E-state index in [9.17, 15) is 9.59 Å². The molecule has 2 aliphatic carbocycles. The highest BCUT2D eigenvalue weighted by molar-refractivity contribution is 6.33. The molecule has 2 aromatic carbocycles. The van der Waals surface area contributed by atoms with Crippen LogP contribution in [0.2, 0.25) is 5.02 Å². The van der Waals surface area contributed by atoms with Crippen molar-refractivity contribution in [2.24, 2.45) is 0 Å². The minimum atomic E-state index is -0.589. The average molecular weight is 522 g/mol. The molecule has 0 saturated heterocycles. The third-order valence-corrected chi connectivity index (χ3v) is 7.13. The molecule has 0 aliphatic heterocycles. The SMILES string of the molecule is COc1cccc(Cl)c1-c1ccc(C(=O)N(C2CC2)C2CCc3nn(C(=O)OC(C)(C)C)cc3C2)cc1. The summed E-state index contributed by atoms with van der Waals surface area (Å²) in [4.78, 5) is 28.3. The van der Waals surface area contributed by atoms with Crippen LogP contribution in [0.5, 0.6) is 5.75 Å². The van der Waals surface area contributed by atoms with Gasteiger partial charge in [-0.15, -0.1) is 0 Å². The lowest BCUT2D eigenvalue weighted by Gasteiger charge is -2.34. The third kappa shape index (κ3) is 5.37. The Labute approximate surface area is 222 Å². The number of amides is 1. The van der Waals surface area contributed by atoms with E-state index in [2.05, 4.69) is 10.00 Å². The lowest BCUT2D eigenvalue weighted by Crippen LogP contribution is -2.44. The van der Waals surface area contributed by atoms with Crippen molar-refractivity contribution < 1.29 is 19.1 Å². The van der Waals surface area contributed by atoms with Gasteiger partial charge in [0.1, 0.15) is 11.4 Å². The number of aryl methyl sites for hydroxylation is 1. The van der Waals surface area contributed by atoms with Crippen molar-refractivity contribution in [3.05, 3.63) is 70.5 Å². The highest BCUT2D eigenvalue weighted by Gasteiger charge is 2.39. The van der Waals surface area contributed by atoms with E-state index in [4.69, 9.17) is 21.1 Å². The number of benzene rings is 2. The van der Waals surface area contributed by atoms with Gasteiger partial charge < -0.3 is 14.4 Å². The van der Waals surface area contributed by atoms with Gasteiger partial charge in [0.05, 0.1) is 17.8 Å². The van der Waals surface area contributed by atoms with Crippen LogP contribution in [-0.2, 0) is 17.6 Å². The molecule has 5 rings (SSSR count). The largest absolute Gasteiger partial charge is 0.496 e. The Morgan fingerprint density at radius 1 is 1.05 bits per heavy atom. The molecule has 3 aromatic rings. The topological polar surface area (TPSA) is 73.7 Å². The van der Waals surface area contributed by atoms with Crippen molar-refractivity contribution in [1.82, 2.24) is 14.7 Å². The Bertz CT molecular complexity index is 1320. The molecule has 0 bridgehead atoms. The zero-order chi connectivity index (χ0) is 26.3. The molecule has 194 valence electrons. The number of ether oxygens (including phenoxy) is 2. The molecule has 1 atom stereocenters. The van der Waals surface area contributed by atoms with Crippen molar-refractivity contribution >= 4 is 23.6 Å². The van der Waals surface area contributed by atoms with E-state index in [-0.39, 0.29) is 18.0 Å². The minimum absolute atomic E-state index is 0.0353. The third-order valence-electron chi connectivity index (χ3n) is 6.81. The molecule has 0 radical (unpaired) electrons. The fraction of sp³-hybridized carbons (Fsp3) is 0.414. The number of methoxy groups -OCH3 is 1. The summed E-state index contributed by atoms with van der Waals surface area (Å²) in [7, 11) is 1.62. The first-order valence-electron chi connectivity index (χ1n) is 12.7.